The number of aromatic nitrogens is 2. The average molecular weight is 246 g/mol. The zero-order chi connectivity index (χ0) is 11.8. The molecular weight excluding hydrogens is 226 g/mol. The maximum absolute atomic E-state index is 5.92. The first-order chi connectivity index (χ1) is 7.75. The van der Waals surface area contributed by atoms with Crippen LogP contribution in [0.4, 0.5) is 0 Å². The fourth-order valence-corrected chi connectivity index (χ4v) is 1.60. The van der Waals surface area contributed by atoms with Crippen LogP contribution in [0.1, 0.15) is 18.5 Å². The molecule has 0 aromatic carbocycles. The van der Waals surface area contributed by atoms with Gasteiger partial charge >= 0.3 is 0 Å². The minimum absolute atomic E-state index is 0.748. The van der Waals surface area contributed by atoms with Gasteiger partial charge < -0.3 is 10.1 Å². The molecule has 1 aromatic rings. The van der Waals surface area contributed by atoms with E-state index in [0.29, 0.717) is 0 Å². The highest BCUT2D eigenvalue weighted by Gasteiger charge is 2.02. The standard InChI is InChI=1S/C11H20ClN3O/c1-10-11(12)9-14-15(10)7-4-3-5-13-6-8-16-2/h9,13H,3-8H2,1-2H3. The second-order valence-corrected chi connectivity index (χ2v) is 4.16. The summed E-state index contributed by atoms with van der Waals surface area (Å²) in [6, 6.07) is 0. The lowest BCUT2D eigenvalue weighted by Gasteiger charge is -2.05. The Morgan fingerprint density at radius 3 is 2.88 bits per heavy atom. The Hall–Kier alpha value is -0.580. The Morgan fingerprint density at radius 1 is 1.44 bits per heavy atom. The third-order valence-corrected chi connectivity index (χ3v) is 2.87. The van der Waals surface area contributed by atoms with Crippen LogP contribution in [0.2, 0.25) is 5.02 Å². The third-order valence-electron chi connectivity index (χ3n) is 2.50. The van der Waals surface area contributed by atoms with Gasteiger partial charge in [0.05, 0.1) is 23.5 Å². The van der Waals surface area contributed by atoms with Gasteiger partial charge in [-0.1, -0.05) is 11.6 Å². The summed E-state index contributed by atoms with van der Waals surface area (Å²) in [4.78, 5) is 0. The molecule has 0 spiro atoms. The molecule has 0 amide bonds. The monoisotopic (exact) mass is 245 g/mol. The van der Waals surface area contributed by atoms with Gasteiger partial charge in [-0.3, -0.25) is 4.68 Å². The van der Waals surface area contributed by atoms with Crippen LogP contribution in [0.15, 0.2) is 6.20 Å². The molecule has 92 valence electrons. The van der Waals surface area contributed by atoms with Gasteiger partial charge in [0.25, 0.3) is 0 Å². The lowest BCUT2D eigenvalue weighted by Crippen LogP contribution is -2.20. The van der Waals surface area contributed by atoms with Crippen molar-refractivity contribution < 1.29 is 4.74 Å². The number of nitrogens with zero attached hydrogens (tertiary/aromatic N) is 2. The third kappa shape index (κ3) is 4.51. The molecular formula is C11H20ClN3O. The zero-order valence-corrected chi connectivity index (χ0v) is 10.8. The van der Waals surface area contributed by atoms with E-state index in [1.165, 1.54) is 0 Å². The molecule has 4 nitrogen and oxygen atoms in total. The van der Waals surface area contributed by atoms with E-state index in [-0.39, 0.29) is 0 Å². The number of unbranched alkanes of at least 4 members (excludes halogenated alkanes) is 1. The Labute approximate surface area is 102 Å². The molecule has 0 saturated carbocycles. The molecule has 5 heteroatoms. The summed E-state index contributed by atoms with van der Waals surface area (Å²) in [5.74, 6) is 0. The maximum Gasteiger partial charge on any atom is 0.0814 e. The molecule has 1 N–H and O–H groups in total. The first kappa shape index (κ1) is 13.5. The summed E-state index contributed by atoms with van der Waals surface area (Å²) in [5, 5.41) is 8.27. The molecule has 0 unspecified atom stereocenters. The van der Waals surface area contributed by atoms with Crippen LogP contribution in [0.5, 0.6) is 0 Å². The molecule has 1 aromatic heterocycles. The van der Waals surface area contributed by atoms with Crippen molar-refractivity contribution in [2.45, 2.75) is 26.3 Å². The van der Waals surface area contributed by atoms with Crippen molar-refractivity contribution in [3.05, 3.63) is 16.9 Å². The summed E-state index contributed by atoms with van der Waals surface area (Å²) in [6.07, 6.45) is 3.95. The Bertz CT molecular complexity index is 301. The molecule has 0 bridgehead atoms. The molecule has 0 fully saturated rings. The minimum atomic E-state index is 0.748. The van der Waals surface area contributed by atoms with Crippen molar-refractivity contribution in [1.82, 2.24) is 15.1 Å². The van der Waals surface area contributed by atoms with E-state index in [9.17, 15) is 0 Å². The largest absolute Gasteiger partial charge is 0.383 e. The van der Waals surface area contributed by atoms with Gasteiger partial charge in [-0.25, -0.2) is 0 Å². The van der Waals surface area contributed by atoms with Crippen molar-refractivity contribution in [1.29, 1.82) is 0 Å². The van der Waals surface area contributed by atoms with E-state index in [4.69, 9.17) is 16.3 Å². The lowest BCUT2D eigenvalue weighted by molar-refractivity contribution is 0.199. The average Bonchev–Trinajstić information content (AvgIpc) is 2.59. The number of hydrogen-bond donors (Lipinski definition) is 1. The molecule has 16 heavy (non-hydrogen) atoms. The Morgan fingerprint density at radius 2 is 2.25 bits per heavy atom. The highest BCUT2D eigenvalue weighted by Crippen LogP contribution is 2.13. The van der Waals surface area contributed by atoms with Gasteiger partial charge in [0.2, 0.25) is 0 Å². The minimum Gasteiger partial charge on any atom is -0.383 e. The Kier molecular flexibility index (Phi) is 6.45. The lowest BCUT2D eigenvalue weighted by atomic mass is 10.3. The van der Waals surface area contributed by atoms with Crippen LogP contribution < -0.4 is 5.32 Å². The van der Waals surface area contributed by atoms with E-state index in [1.807, 2.05) is 11.6 Å². The molecule has 1 rings (SSSR count). The van der Waals surface area contributed by atoms with Crippen molar-refractivity contribution in [3.8, 4) is 0 Å². The normalized spacial score (nSPS) is 10.9. The SMILES string of the molecule is COCCNCCCCn1ncc(Cl)c1C. The predicted octanol–water partition coefficient (Wildman–Crippen LogP) is 1.86. The van der Waals surface area contributed by atoms with E-state index in [2.05, 4.69) is 10.4 Å². The van der Waals surface area contributed by atoms with E-state index in [0.717, 1.165) is 49.8 Å². The predicted molar refractivity (Wildman–Crippen MR) is 66.0 cm³/mol. The van der Waals surface area contributed by atoms with Crippen molar-refractivity contribution >= 4 is 11.6 Å². The van der Waals surface area contributed by atoms with Crippen molar-refractivity contribution in [2.75, 3.05) is 26.8 Å². The summed E-state index contributed by atoms with van der Waals surface area (Å²) < 4.78 is 6.90. The number of aryl methyl sites for hydroxylation is 1. The van der Waals surface area contributed by atoms with Gasteiger partial charge in [0.15, 0.2) is 0 Å². The molecule has 0 atom stereocenters. The zero-order valence-electron chi connectivity index (χ0n) is 10.0. The summed E-state index contributed by atoms with van der Waals surface area (Å²) >= 11 is 5.92. The quantitative estimate of drug-likeness (QED) is 0.711. The summed E-state index contributed by atoms with van der Waals surface area (Å²) in [7, 11) is 1.71. The molecule has 1 heterocycles. The number of rotatable bonds is 8. The van der Waals surface area contributed by atoms with Crippen LogP contribution in [-0.2, 0) is 11.3 Å². The van der Waals surface area contributed by atoms with E-state index < -0.39 is 0 Å². The van der Waals surface area contributed by atoms with Gasteiger partial charge in [-0.05, 0) is 26.3 Å². The van der Waals surface area contributed by atoms with Crippen LogP contribution in [0.25, 0.3) is 0 Å². The fraction of sp³-hybridized carbons (Fsp3) is 0.727. The number of hydrogen-bond acceptors (Lipinski definition) is 3. The summed E-state index contributed by atoms with van der Waals surface area (Å²) in [5.41, 5.74) is 1.05. The van der Waals surface area contributed by atoms with E-state index in [1.54, 1.807) is 13.3 Å². The number of ether oxygens (including phenoxy) is 1. The second-order valence-electron chi connectivity index (χ2n) is 3.75. The van der Waals surface area contributed by atoms with Gasteiger partial charge in [-0.2, -0.15) is 5.10 Å². The first-order valence-electron chi connectivity index (χ1n) is 5.63. The van der Waals surface area contributed by atoms with Crippen molar-refractivity contribution in [3.63, 3.8) is 0 Å². The molecule has 0 aliphatic heterocycles. The smallest absolute Gasteiger partial charge is 0.0814 e. The number of methoxy groups -OCH3 is 1. The molecule has 0 aliphatic rings. The number of nitrogens with one attached hydrogen (secondary N) is 1. The number of halogens is 1. The van der Waals surface area contributed by atoms with E-state index >= 15 is 0 Å². The van der Waals surface area contributed by atoms with Gasteiger partial charge in [0, 0.05) is 20.2 Å². The molecule has 0 radical (unpaired) electrons. The fourth-order valence-electron chi connectivity index (χ4n) is 1.46. The van der Waals surface area contributed by atoms with Crippen LogP contribution in [0.3, 0.4) is 0 Å². The summed E-state index contributed by atoms with van der Waals surface area (Å²) in [6.45, 7) is 5.64. The van der Waals surface area contributed by atoms with Gasteiger partial charge in [0.1, 0.15) is 0 Å². The van der Waals surface area contributed by atoms with Crippen LogP contribution in [-0.4, -0.2) is 36.6 Å². The second kappa shape index (κ2) is 7.65. The maximum atomic E-state index is 5.92. The highest BCUT2D eigenvalue weighted by atomic mass is 35.5. The molecule has 0 saturated heterocycles. The van der Waals surface area contributed by atoms with Gasteiger partial charge in [-0.15, -0.1) is 0 Å². The van der Waals surface area contributed by atoms with Crippen LogP contribution in [0, 0.1) is 6.92 Å². The topological polar surface area (TPSA) is 39.1 Å². The Balaban J connectivity index is 2.05. The highest BCUT2D eigenvalue weighted by molar-refractivity contribution is 6.31. The first-order valence-corrected chi connectivity index (χ1v) is 6.01. The molecule has 0 aliphatic carbocycles. The van der Waals surface area contributed by atoms with Crippen LogP contribution >= 0.6 is 11.6 Å². The van der Waals surface area contributed by atoms with Crippen molar-refractivity contribution in [2.24, 2.45) is 0 Å².